The number of rotatable bonds is 2. The second-order valence-electron chi connectivity index (χ2n) is 3.30. The van der Waals surface area contributed by atoms with Gasteiger partial charge in [0.25, 0.3) is 0 Å². The van der Waals surface area contributed by atoms with E-state index < -0.39 is 0 Å². The SMILES string of the molecule is Cn1nncc1NC1CCCSC1. The lowest BCUT2D eigenvalue weighted by atomic mass is 10.2. The second kappa shape index (κ2) is 4.00. The monoisotopic (exact) mass is 198 g/mol. The molecule has 0 amide bonds. The first-order valence-electron chi connectivity index (χ1n) is 4.55. The predicted octanol–water partition coefficient (Wildman–Crippen LogP) is 1.12. The van der Waals surface area contributed by atoms with E-state index in [2.05, 4.69) is 15.6 Å². The zero-order valence-electron chi connectivity index (χ0n) is 7.73. The summed E-state index contributed by atoms with van der Waals surface area (Å²) in [4.78, 5) is 0. The van der Waals surface area contributed by atoms with Gasteiger partial charge < -0.3 is 5.32 Å². The summed E-state index contributed by atoms with van der Waals surface area (Å²) in [6.07, 6.45) is 4.35. The van der Waals surface area contributed by atoms with Gasteiger partial charge in [-0.05, 0) is 18.6 Å². The Morgan fingerprint density at radius 2 is 2.62 bits per heavy atom. The van der Waals surface area contributed by atoms with Crippen molar-refractivity contribution in [1.82, 2.24) is 15.0 Å². The molecule has 1 N–H and O–H groups in total. The number of anilines is 1. The van der Waals surface area contributed by atoms with Gasteiger partial charge in [0.15, 0.2) is 0 Å². The Hall–Kier alpha value is -0.710. The predicted molar refractivity (Wildman–Crippen MR) is 55.0 cm³/mol. The second-order valence-corrected chi connectivity index (χ2v) is 4.45. The standard InChI is InChI=1S/C8H14N4S/c1-12-8(5-9-11-12)10-7-3-2-4-13-6-7/h5,7,10H,2-4,6H2,1H3. The van der Waals surface area contributed by atoms with Gasteiger partial charge in [-0.1, -0.05) is 5.21 Å². The normalized spacial score (nSPS) is 23.0. The van der Waals surface area contributed by atoms with Gasteiger partial charge in [-0.15, -0.1) is 5.10 Å². The van der Waals surface area contributed by atoms with E-state index in [9.17, 15) is 0 Å². The van der Waals surface area contributed by atoms with Crippen LogP contribution in [-0.4, -0.2) is 32.5 Å². The van der Waals surface area contributed by atoms with E-state index in [1.54, 1.807) is 10.9 Å². The van der Waals surface area contributed by atoms with E-state index in [0.717, 1.165) is 5.82 Å². The summed E-state index contributed by atoms with van der Waals surface area (Å²) in [6.45, 7) is 0. The molecule has 1 aromatic rings. The van der Waals surface area contributed by atoms with Crippen LogP contribution >= 0.6 is 11.8 Å². The number of nitrogens with one attached hydrogen (secondary N) is 1. The summed E-state index contributed by atoms with van der Waals surface area (Å²) in [5.74, 6) is 3.53. The molecule has 2 rings (SSSR count). The summed E-state index contributed by atoms with van der Waals surface area (Å²) in [7, 11) is 1.91. The molecule has 0 aliphatic carbocycles. The molecule has 0 aromatic carbocycles. The molecule has 4 nitrogen and oxygen atoms in total. The zero-order valence-corrected chi connectivity index (χ0v) is 8.55. The van der Waals surface area contributed by atoms with Crippen LogP contribution in [0.3, 0.4) is 0 Å². The molecule has 13 heavy (non-hydrogen) atoms. The quantitative estimate of drug-likeness (QED) is 0.773. The van der Waals surface area contributed by atoms with Gasteiger partial charge in [-0.2, -0.15) is 11.8 Å². The van der Waals surface area contributed by atoms with Crippen molar-refractivity contribution in [3.63, 3.8) is 0 Å². The lowest BCUT2D eigenvalue weighted by molar-refractivity contribution is 0.661. The maximum absolute atomic E-state index is 3.88. The van der Waals surface area contributed by atoms with Crippen molar-refractivity contribution in [3.05, 3.63) is 6.20 Å². The van der Waals surface area contributed by atoms with E-state index in [1.807, 2.05) is 18.8 Å². The van der Waals surface area contributed by atoms with Crippen molar-refractivity contribution >= 4 is 17.6 Å². The van der Waals surface area contributed by atoms with Crippen LogP contribution in [0.5, 0.6) is 0 Å². The van der Waals surface area contributed by atoms with E-state index in [1.165, 1.54) is 24.3 Å². The Balaban J connectivity index is 1.93. The molecule has 0 spiro atoms. The molecule has 2 heterocycles. The third-order valence-corrected chi connectivity index (χ3v) is 3.44. The number of nitrogens with zero attached hydrogens (tertiary/aromatic N) is 3. The van der Waals surface area contributed by atoms with E-state index in [0.29, 0.717) is 6.04 Å². The van der Waals surface area contributed by atoms with Crippen molar-refractivity contribution in [2.45, 2.75) is 18.9 Å². The molecule has 1 aliphatic rings. The first-order valence-corrected chi connectivity index (χ1v) is 5.70. The van der Waals surface area contributed by atoms with Crippen molar-refractivity contribution in [3.8, 4) is 0 Å². The van der Waals surface area contributed by atoms with Crippen molar-refractivity contribution in [2.75, 3.05) is 16.8 Å². The van der Waals surface area contributed by atoms with Crippen molar-refractivity contribution < 1.29 is 0 Å². The molecule has 72 valence electrons. The average Bonchev–Trinajstić information content (AvgIpc) is 2.54. The van der Waals surface area contributed by atoms with Gasteiger partial charge in [0.1, 0.15) is 5.82 Å². The van der Waals surface area contributed by atoms with Crippen LogP contribution in [0.15, 0.2) is 6.20 Å². The van der Waals surface area contributed by atoms with Gasteiger partial charge >= 0.3 is 0 Å². The zero-order chi connectivity index (χ0) is 9.10. The number of aryl methyl sites for hydroxylation is 1. The highest BCUT2D eigenvalue weighted by Gasteiger charge is 2.14. The molecule has 0 bridgehead atoms. The highest BCUT2D eigenvalue weighted by atomic mass is 32.2. The average molecular weight is 198 g/mol. The molecule has 1 saturated heterocycles. The van der Waals surface area contributed by atoms with Crippen LogP contribution < -0.4 is 5.32 Å². The molecule has 1 atom stereocenters. The lowest BCUT2D eigenvalue weighted by Crippen LogP contribution is -2.26. The Kier molecular flexibility index (Phi) is 2.73. The molecule has 1 unspecified atom stereocenters. The number of hydrogen-bond acceptors (Lipinski definition) is 4. The first-order chi connectivity index (χ1) is 6.36. The van der Waals surface area contributed by atoms with E-state index in [4.69, 9.17) is 0 Å². The van der Waals surface area contributed by atoms with Crippen LogP contribution in [0.1, 0.15) is 12.8 Å². The lowest BCUT2D eigenvalue weighted by Gasteiger charge is -2.22. The first kappa shape index (κ1) is 8.87. The minimum atomic E-state index is 0.593. The highest BCUT2D eigenvalue weighted by molar-refractivity contribution is 7.99. The number of hydrogen-bond donors (Lipinski definition) is 1. The van der Waals surface area contributed by atoms with Gasteiger partial charge in [-0.3, -0.25) is 0 Å². The summed E-state index contributed by atoms with van der Waals surface area (Å²) >= 11 is 2.02. The summed E-state index contributed by atoms with van der Waals surface area (Å²) < 4.78 is 1.78. The van der Waals surface area contributed by atoms with Crippen LogP contribution in [0.25, 0.3) is 0 Å². The maximum Gasteiger partial charge on any atom is 0.144 e. The summed E-state index contributed by atoms with van der Waals surface area (Å²) in [5, 5.41) is 11.2. The molecular weight excluding hydrogens is 184 g/mol. The van der Waals surface area contributed by atoms with Gasteiger partial charge in [0.2, 0.25) is 0 Å². The minimum Gasteiger partial charge on any atom is -0.365 e. The van der Waals surface area contributed by atoms with Crippen LogP contribution in [0.4, 0.5) is 5.82 Å². The topological polar surface area (TPSA) is 42.7 Å². The van der Waals surface area contributed by atoms with E-state index >= 15 is 0 Å². The molecular formula is C8H14N4S. The Labute approximate surface area is 82.1 Å². The van der Waals surface area contributed by atoms with Gasteiger partial charge in [0, 0.05) is 18.8 Å². The van der Waals surface area contributed by atoms with E-state index in [-0.39, 0.29) is 0 Å². The highest BCUT2D eigenvalue weighted by Crippen LogP contribution is 2.19. The van der Waals surface area contributed by atoms with Crippen molar-refractivity contribution in [1.29, 1.82) is 0 Å². The molecule has 1 aliphatic heterocycles. The smallest absolute Gasteiger partial charge is 0.144 e. The van der Waals surface area contributed by atoms with Crippen LogP contribution in [0.2, 0.25) is 0 Å². The fourth-order valence-corrected chi connectivity index (χ4v) is 2.56. The third-order valence-electron chi connectivity index (χ3n) is 2.23. The third kappa shape index (κ3) is 2.15. The molecule has 5 heteroatoms. The molecule has 0 radical (unpaired) electrons. The van der Waals surface area contributed by atoms with Crippen LogP contribution in [-0.2, 0) is 7.05 Å². The maximum atomic E-state index is 3.88. The fourth-order valence-electron chi connectivity index (χ4n) is 1.48. The molecule has 1 aromatic heterocycles. The minimum absolute atomic E-state index is 0.593. The molecule has 0 saturated carbocycles. The Morgan fingerprint density at radius 1 is 1.69 bits per heavy atom. The Bertz CT molecular complexity index is 267. The van der Waals surface area contributed by atoms with Gasteiger partial charge in [0.05, 0.1) is 6.20 Å². The molecule has 1 fully saturated rings. The van der Waals surface area contributed by atoms with Gasteiger partial charge in [-0.25, -0.2) is 4.68 Å². The summed E-state index contributed by atoms with van der Waals surface area (Å²) in [5.41, 5.74) is 0. The summed E-state index contributed by atoms with van der Waals surface area (Å²) in [6, 6.07) is 0.593. The number of thioether (sulfide) groups is 1. The fraction of sp³-hybridized carbons (Fsp3) is 0.750. The number of aromatic nitrogens is 3. The largest absolute Gasteiger partial charge is 0.365 e. The Morgan fingerprint density at radius 3 is 3.23 bits per heavy atom. The van der Waals surface area contributed by atoms with Crippen LogP contribution in [0, 0.1) is 0 Å². The van der Waals surface area contributed by atoms with Crippen molar-refractivity contribution in [2.24, 2.45) is 7.05 Å².